The van der Waals surface area contributed by atoms with Crippen LogP contribution in [0.4, 0.5) is 0 Å². The molecule has 118 valence electrons. The molecule has 0 unspecified atom stereocenters. The number of carbonyl (C=O) groups is 3. The second-order valence-electron chi connectivity index (χ2n) is 5.14. The molecule has 1 aliphatic rings. The lowest BCUT2D eigenvalue weighted by molar-refractivity contribution is -0.147. The molecule has 3 N–H and O–H groups in total. The topological polar surface area (TPSA) is 105 Å². The summed E-state index contributed by atoms with van der Waals surface area (Å²) >= 11 is 0. The predicted octanol–water partition coefficient (Wildman–Crippen LogP) is -0.543. The van der Waals surface area contributed by atoms with Crippen LogP contribution in [0.2, 0.25) is 0 Å². The number of amides is 2. The van der Waals surface area contributed by atoms with E-state index in [1.807, 2.05) is 0 Å². The largest absolute Gasteiger partial charge is 0.467 e. The van der Waals surface area contributed by atoms with E-state index in [-0.39, 0.29) is 25.0 Å². The van der Waals surface area contributed by atoms with Crippen LogP contribution in [0, 0.1) is 5.92 Å². The molecule has 0 spiro atoms. The van der Waals surface area contributed by atoms with Crippen LogP contribution in [0.15, 0.2) is 30.3 Å². The third-order valence-electron chi connectivity index (χ3n) is 3.68. The first-order valence-corrected chi connectivity index (χ1v) is 6.87. The van der Waals surface area contributed by atoms with Gasteiger partial charge in [0, 0.05) is 18.1 Å². The molecule has 2 amide bonds. The first kappa shape index (κ1) is 16.0. The fourth-order valence-electron chi connectivity index (χ4n) is 2.33. The van der Waals surface area contributed by atoms with E-state index in [9.17, 15) is 14.4 Å². The van der Waals surface area contributed by atoms with Gasteiger partial charge in [-0.1, -0.05) is 18.2 Å². The quantitative estimate of drug-likeness (QED) is 0.612. The number of rotatable bonds is 6. The van der Waals surface area contributed by atoms with E-state index in [1.54, 1.807) is 30.3 Å². The average Bonchev–Trinajstić information content (AvgIpc) is 3.26. The van der Waals surface area contributed by atoms with Crippen LogP contribution in [0.5, 0.6) is 0 Å². The van der Waals surface area contributed by atoms with Gasteiger partial charge in [-0.2, -0.15) is 0 Å². The molecule has 1 saturated carbocycles. The fraction of sp³-hybridized carbons (Fsp3) is 0.400. The number of hydrogen-bond acceptors (Lipinski definition) is 5. The Morgan fingerprint density at radius 2 is 2.00 bits per heavy atom. The molecule has 22 heavy (non-hydrogen) atoms. The summed E-state index contributed by atoms with van der Waals surface area (Å²) in [6.45, 7) is -0.476. The first-order valence-electron chi connectivity index (χ1n) is 6.87. The minimum Gasteiger partial charge on any atom is -0.467 e. The fourth-order valence-corrected chi connectivity index (χ4v) is 2.33. The van der Waals surface area contributed by atoms with Crippen LogP contribution in [-0.2, 0) is 14.3 Å². The van der Waals surface area contributed by atoms with Crippen molar-refractivity contribution in [3.8, 4) is 0 Å². The Balaban J connectivity index is 1.88. The lowest BCUT2D eigenvalue weighted by atomic mass is 10.2. The Hall–Kier alpha value is -2.41. The first-order chi connectivity index (χ1) is 10.5. The summed E-state index contributed by atoms with van der Waals surface area (Å²) in [5.41, 5.74) is -0.726. The number of aliphatic hydroxyl groups is 1. The van der Waals surface area contributed by atoms with Crippen molar-refractivity contribution in [1.29, 1.82) is 0 Å². The maximum absolute atomic E-state index is 11.9. The highest BCUT2D eigenvalue weighted by Crippen LogP contribution is 2.43. The molecular formula is C15H18N2O5. The van der Waals surface area contributed by atoms with Gasteiger partial charge in [0.1, 0.15) is 5.54 Å². The molecule has 0 aromatic heterocycles. The van der Waals surface area contributed by atoms with Crippen LogP contribution >= 0.6 is 0 Å². The number of esters is 1. The monoisotopic (exact) mass is 306 g/mol. The summed E-state index contributed by atoms with van der Waals surface area (Å²) in [5, 5.41) is 14.1. The lowest BCUT2D eigenvalue weighted by Crippen LogP contribution is -2.49. The molecule has 0 aliphatic heterocycles. The molecule has 0 radical (unpaired) electrons. The molecule has 1 aliphatic carbocycles. The molecule has 0 heterocycles. The molecule has 7 heteroatoms. The molecule has 1 aromatic rings. The highest BCUT2D eigenvalue weighted by molar-refractivity contribution is 5.97. The van der Waals surface area contributed by atoms with Gasteiger partial charge in [0.05, 0.1) is 13.7 Å². The van der Waals surface area contributed by atoms with E-state index < -0.39 is 17.4 Å². The van der Waals surface area contributed by atoms with Crippen molar-refractivity contribution in [2.24, 2.45) is 5.92 Å². The molecule has 2 rings (SSSR count). The summed E-state index contributed by atoms with van der Waals surface area (Å²) in [5.74, 6) is -1.83. The van der Waals surface area contributed by atoms with Gasteiger partial charge in [0.25, 0.3) is 5.91 Å². The Bertz CT molecular complexity index is 575. The van der Waals surface area contributed by atoms with Crippen molar-refractivity contribution in [3.63, 3.8) is 0 Å². The van der Waals surface area contributed by atoms with Crippen LogP contribution in [0.1, 0.15) is 16.8 Å². The smallest absolute Gasteiger partial charge is 0.331 e. The molecule has 0 bridgehead atoms. The van der Waals surface area contributed by atoms with Crippen LogP contribution in [0.25, 0.3) is 0 Å². The number of methoxy groups -OCH3 is 1. The standard InChI is InChI=1S/C15H18N2O5/c1-22-14(21)15(7-11(15)9-18)17-12(19)8-16-13(20)10-5-3-2-4-6-10/h2-6,11,18H,7-9H2,1H3,(H,16,20)(H,17,19)/t11-,15-/m1/s1. The van der Waals surface area contributed by atoms with Crippen molar-refractivity contribution in [2.45, 2.75) is 12.0 Å². The molecule has 1 aromatic carbocycles. The van der Waals surface area contributed by atoms with Gasteiger partial charge in [-0.3, -0.25) is 9.59 Å². The van der Waals surface area contributed by atoms with E-state index in [1.165, 1.54) is 7.11 Å². The number of aliphatic hydroxyl groups excluding tert-OH is 1. The highest BCUT2D eigenvalue weighted by Gasteiger charge is 2.61. The number of benzene rings is 1. The third kappa shape index (κ3) is 3.25. The minimum atomic E-state index is -1.17. The number of ether oxygens (including phenoxy) is 1. The van der Waals surface area contributed by atoms with E-state index in [0.29, 0.717) is 12.0 Å². The van der Waals surface area contributed by atoms with Crippen molar-refractivity contribution < 1.29 is 24.2 Å². The van der Waals surface area contributed by atoms with Gasteiger partial charge in [0.2, 0.25) is 5.91 Å². The molecular weight excluding hydrogens is 288 g/mol. The Kier molecular flexibility index (Phi) is 4.77. The second-order valence-corrected chi connectivity index (χ2v) is 5.14. The summed E-state index contributed by atoms with van der Waals surface area (Å²) in [4.78, 5) is 35.4. The van der Waals surface area contributed by atoms with Crippen molar-refractivity contribution in [3.05, 3.63) is 35.9 Å². The summed E-state index contributed by atoms with van der Waals surface area (Å²) in [7, 11) is 1.22. The molecule has 7 nitrogen and oxygen atoms in total. The van der Waals surface area contributed by atoms with Crippen molar-refractivity contribution in [2.75, 3.05) is 20.3 Å². The van der Waals surface area contributed by atoms with E-state index >= 15 is 0 Å². The van der Waals surface area contributed by atoms with Crippen LogP contribution in [0.3, 0.4) is 0 Å². The van der Waals surface area contributed by atoms with Crippen LogP contribution in [-0.4, -0.2) is 48.7 Å². The molecule has 0 saturated heterocycles. The van der Waals surface area contributed by atoms with E-state index in [0.717, 1.165) is 0 Å². The maximum Gasteiger partial charge on any atom is 0.331 e. The Morgan fingerprint density at radius 1 is 1.32 bits per heavy atom. The lowest BCUT2D eigenvalue weighted by Gasteiger charge is -2.16. The van der Waals surface area contributed by atoms with E-state index in [4.69, 9.17) is 5.11 Å². The summed E-state index contributed by atoms with van der Waals surface area (Å²) < 4.78 is 4.65. The zero-order valence-electron chi connectivity index (χ0n) is 12.2. The van der Waals surface area contributed by atoms with Gasteiger partial charge < -0.3 is 20.5 Å². The number of nitrogens with one attached hydrogen (secondary N) is 2. The molecule has 1 fully saturated rings. The number of carbonyl (C=O) groups excluding carboxylic acids is 3. The van der Waals surface area contributed by atoms with Gasteiger partial charge in [-0.25, -0.2) is 4.79 Å². The maximum atomic E-state index is 11.9. The summed E-state index contributed by atoms with van der Waals surface area (Å²) in [6.07, 6.45) is 0.328. The minimum absolute atomic E-state index is 0.217. The second kappa shape index (κ2) is 6.57. The predicted molar refractivity (Wildman–Crippen MR) is 76.9 cm³/mol. The average molecular weight is 306 g/mol. The van der Waals surface area contributed by atoms with Crippen molar-refractivity contribution in [1.82, 2.24) is 10.6 Å². The highest BCUT2D eigenvalue weighted by atomic mass is 16.5. The van der Waals surface area contributed by atoms with Gasteiger partial charge in [0.15, 0.2) is 0 Å². The zero-order valence-corrected chi connectivity index (χ0v) is 12.2. The SMILES string of the molecule is COC(=O)[C@@]1(NC(=O)CNC(=O)c2ccccc2)C[C@@H]1CO. The molecule has 2 atom stereocenters. The summed E-state index contributed by atoms with van der Waals surface area (Å²) in [6, 6.07) is 8.48. The van der Waals surface area contributed by atoms with Gasteiger partial charge >= 0.3 is 5.97 Å². The van der Waals surface area contributed by atoms with E-state index in [2.05, 4.69) is 15.4 Å². The third-order valence-corrected chi connectivity index (χ3v) is 3.68. The van der Waals surface area contributed by atoms with Gasteiger partial charge in [-0.05, 0) is 18.6 Å². The number of hydrogen-bond donors (Lipinski definition) is 3. The normalized spacial score (nSPS) is 22.5. The van der Waals surface area contributed by atoms with Crippen molar-refractivity contribution >= 4 is 17.8 Å². The van der Waals surface area contributed by atoms with Crippen LogP contribution < -0.4 is 10.6 Å². The zero-order chi connectivity index (χ0) is 16.2. The van der Waals surface area contributed by atoms with Gasteiger partial charge in [-0.15, -0.1) is 0 Å². The Labute approximate surface area is 127 Å². The Morgan fingerprint density at radius 3 is 2.55 bits per heavy atom.